The lowest BCUT2D eigenvalue weighted by molar-refractivity contribution is -0.122. The molecular formula is C5H9N2O. The maximum Gasteiger partial charge on any atom is 0.219 e. The van der Waals surface area contributed by atoms with Gasteiger partial charge in [0.25, 0.3) is 0 Å². The fraction of sp³-hybridized carbons (Fsp3) is 0.800. The maximum absolute atomic E-state index is 10.4. The highest BCUT2D eigenvalue weighted by Crippen LogP contribution is 1.98. The molecule has 0 aromatic carbocycles. The van der Waals surface area contributed by atoms with Crippen LogP contribution >= 0.6 is 0 Å². The number of carbonyl (C=O) groups excluding carboxylic acids is 1. The number of hydrogen-bond acceptors (Lipinski definition) is 1. The predicted molar refractivity (Wildman–Crippen MR) is 29.0 cm³/mol. The van der Waals surface area contributed by atoms with E-state index in [0.717, 1.165) is 25.8 Å². The van der Waals surface area contributed by atoms with Crippen molar-refractivity contribution in [1.29, 1.82) is 0 Å². The zero-order valence-electron chi connectivity index (χ0n) is 4.68. The van der Waals surface area contributed by atoms with E-state index in [1.54, 1.807) is 0 Å². The Morgan fingerprint density at radius 1 is 1.38 bits per heavy atom. The second-order valence-electron chi connectivity index (χ2n) is 1.81. The summed E-state index contributed by atoms with van der Waals surface area (Å²) in [6.45, 7) is 0.888. The Labute approximate surface area is 49.0 Å². The van der Waals surface area contributed by atoms with Gasteiger partial charge in [-0.2, -0.15) is 0 Å². The highest BCUT2D eigenvalue weighted by Gasteiger charge is 2.04. The lowest BCUT2D eigenvalue weighted by Crippen LogP contribution is -2.28. The molecule has 8 heavy (non-hydrogen) atoms. The van der Waals surface area contributed by atoms with Crippen LogP contribution in [0, 0.1) is 0 Å². The summed E-state index contributed by atoms with van der Waals surface area (Å²) < 4.78 is 0. The lowest BCUT2D eigenvalue weighted by Gasteiger charge is -2.08. The summed E-state index contributed by atoms with van der Waals surface area (Å²) in [4.78, 5) is 10.4. The van der Waals surface area contributed by atoms with Crippen molar-refractivity contribution in [2.24, 2.45) is 0 Å². The highest BCUT2D eigenvalue weighted by atomic mass is 16.1. The smallest absolute Gasteiger partial charge is 0.219 e. The van der Waals surface area contributed by atoms with E-state index in [4.69, 9.17) is 0 Å². The summed E-state index contributed by atoms with van der Waals surface area (Å²) >= 11 is 0. The molecule has 1 aliphatic rings. The molecule has 0 spiro atoms. The predicted octanol–water partition coefficient (Wildman–Crippen LogP) is -0.194. The third-order valence-electron chi connectivity index (χ3n) is 1.15. The topological polar surface area (TPSA) is 59.6 Å². The van der Waals surface area contributed by atoms with Gasteiger partial charge in [0.2, 0.25) is 5.91 Å². The van der Waals surface area contributed by atoms with Crippen molar-refractivity contribution in [1.82, 2.24) is 11.5 Å². The largest absolute Gasteiger partial charge is 0.356 e. The zero-order chi connectivity index (χ0) is 5.11. The Morgan fingerprint density at radius 3 is 2.38 bits per heavy atom. The summed E-state index contributed by atoms with van der Waals surface area (Å²) in [7, 11) is 0. The van der Waals surface area contributed by atoms with E-state index in [2.05, 4.69) is 5.32 Å². The first-order valence-electron chi connectivity index (χ1n) is 2.66. The number of nitrogens with zero attached hydrogens (tertiary/aromatic N) is 1. The van der Waals surface area contributed by atoms with E-state index in [-0.39, 0.29) is 12.1 Å². The molecule has 45 valence electrons. The van der Waals surface area contributed by atoms with Gasteiger partial charge in [-0.1, -0.05) is 0 Å². The molecule has 1 amide bonds. The molecule has 1 saturated heterocycles. The van der Waals surface area contributed by atoms with Gasteiger partial charge >= 0.3 is 0 Å². The molecule has 3 nitrogen and oxygen atoms in total. The number of hydrogen-bond donors (Lipinski definition) is 1. The van der Waals surface area contributed by atoms with Gasteiger partial charge in [-0.05, 0) is 12.8 Å². The lowest BCUT2D eigenvalue weighted by atomic mass is 10.2. The fourth-order valence-electron chi connectivity index (χ4n) is 0.727. The molecule has 1 rings (SSSR count). The second kappa shape index (κ2) is 3.43. The fourth-order valence-corrected chi connectivity index (χ4v) is 0.727. The van der Waals surface area contributed by atoms with Gasteiger partial charge in [0, 0.05) is 19.1 Å². The molecule has 1 fully saturated rings. The molecule has 0 bridgehead atoms. The van der Waals surface area contributed by atoms with E-state index >= 15 is 0 Å². The van der Waals surface area contributed by atoms with Crippen LogP contribution in [-0.4, -0.2) is 12.5 Å². The van der Waals surface area contributed by atoms with E-state index in [9.17, 15) is 4.79 Å². The minimum Gasteiger partial charge on any atom is -0.356 e. The van der Waals surface area contributed by atoms with Crippen LogP contribution in [0.1, 0.15) is 19.3 Å². The van der Waals surface area contributed by atoms with Crippen LogP contribution < -0.4 is 11.5 Å². The number of amides is 1. The van der Waals surface area contributed by atoms with Crippen LogP contribution in [0.25, 0.3) is 0 Å². The highest BCUT2D eigenvalue weighted by molar-refractivity contribution is 5.76. The first-order chi connectivity index (χ1) is 3.39. The van der Waals surface area contributed by atoms with Crippen molar-refractivity contribution in [2.45, 2.75) is 19.3 Å². The molecule has 0 unspecified atom stereocenters. The molecule has 0 aromatic heterocycles. The molecule has 1 heterocycles. The molecule has 3 radical (unpaired) electrons. The number of carbonyl (C=O) groups is 1. The number of nitrogens with one attached hydrogen (secondary N) is 1. The van der Waals surface area contributed by atoms with Crippen molar-refractivity contribution < 1.29 is 4.79 Å². The van der Waals surface area contributed by atoms with Crippen LogP contribution in [0.4, 0.5) is 0 Å². The Kier molecular flexibility index (Phi) is 3.19. The third-order valence-corrected chi connectivity index (χ3v) is 1.15. The minimum atomic E-state index is 0. The quantitative estimate of drug-likeness (QED) is 0.465. The van der Waals surface area contributed by atoms with Crippen molar-refractivity contribution in [2.75, 3.05) is 6.54 Å². The number of piperidine rings is 1. The van der Waals surface area contributed by atoms with Crippen LogP contribution in [-0.2, 0) is 4.79 Å². The van der Waals surface area contributed by atoms with Gasteiger partial charge in [-0.15, -0.1) is 0 Å². The van der Waals surface area contributed by atoms with Crippen molar-refractivity contribution >= 4 is 5.91 Å². The Morgan fingerprint density at radius 2 is 2.12 bits per heavy atom. The average molecular weight is 113 g/mol. The van der Waals surface area contributed by atoms with Crippen LogP contribution in [0.2, 0.25) is 0 Å². The second-order valence-corrected chi connectivity index (χ2v) is 1.81. The zero-order valence-corrected chi connectivity index (χ0v) is 4.68. The minimum absolute atomic E-state index is 0. The Bertz CT molecular complexity index is 74.5. The first-order valence-corrected chi connectivity index (χ1v) is 2.66. The Hall–Kier alpha value is -0.570. The third kappa shape index (κ3) is 1.93. The van der Waals surface area contributed by atoms with Crippen molar-refractivity contribution in [3.05, 3.63) is 0 Å². The summed E-state index contributed by atoms with van der Waals surface area (Å²) in [5.74, 6) is 0.214. The van der Waals surface area contributed by atoms with Gasteiger partial charge in [0.1, 0.15) is 0 Å². The van der Waals surface area contributed by atoms with Crippen LogP contribution in [0.15, 0.2) is 0 Å². The van der Waals surface area contributed by atoms with Gasteiger partial charge in [-0.3, -0.25) is 4.79 Å². The van der Waals surface area contributed by atoms with E-state index < -0.39 is 0 Å². The van der Waals surface area contributed by atoms with Gasteiger partial charge in [-0.25, -0.2) is 0 Å². The molecule has 0 aromatic rings. The van der Waals surface area contributed by atoms with Gasteiger partial charge in [0.15, 0.2) is 0 Å². The van der Waals surface area contributed by atoms with Gasteiger partial charge < -0.3 is 5.32 Å². The summed E-state index contributed by atoms with van der Waals surface area (Å²) in [5, 5.41) is 2.74. The van der Waals surface area contributed by atoms with Crippen molar-refractivity contribution in [3.8, 4) is 0 Å². The first kappa shape index (κ1) is 7.43. The summed E-state index contributed by atoms with van der Waals surface area (Å²) in [6, 6.07) is 0. The summed E-state index contributed by atoms with van der Waals surface area (Å²) in [6.07, 6.45) is 2.97. The SMILES string of the molecule is O=C1CCCCN1.[N]. The Balaban J connectivity index is 0.000000490. The van der Waals surface area contributed by atoms with E-state index in [1.165, 1.54) is 0 Å². The molecule has 1 aliphatic heterocycles. The average Bonchev–Trinajstić information content (AvgIpc) is 1.69. The van der Waals surface area contributed by atoms with E-state index in [1.807, 2.05) is 0 Å². The molecule has 3 heteroatoms. The van der Waals surface area contributed by atoms with Crippen molar-refractivity contribution in [3.63, 3.8) is 0 Å². The van der Waals surface area contributed by atoms with E-state index in [0.29, 0.717) is 0 Å². The summed E-state index contributed by atoms with van der Waals surface area (Å²) in [5.41, 5.74) is 0. The normalized spacial score (nSPS) is 18.8. The molecule has 0 saturated carbocycles. The molecule has 0 atom stereocenters. The monoisotopic (exact) mass is 113 g/mol. The maximum atomic E-state index is 10.4. The molecule has 1 N–H and O–H groups in total. The number of rotatable bonds is 0. The standard InChI is InChI=1S/C5H9NO.N/c7-5-3-1-2-4-6-5;/h1-4H2,(H,6,7);. The van der Waals surface area contributed by atoms with Crippen LogP contribution in [0.5, 0.6) is 0 Å². The van der Waals surface area contributed by atoms with Gasteiger partial charge in [0.05, 0.1) is 0 Å². The van der Waals surface area contributed by atoms with Crippen LogP contribution in [0.3, 0.4) is 0 Å². The molecular weight excluding hydrogens is 104 g/mol. The molecule has 0 aliphatic carbocycles.